The molecule has 0 aromatic rings. The van der Waals surface area contributed by atoms with Gasteiger partial charge in [0.2, 0.25) is 0 Å². The topological polar surface area (TPSA) is 55.8 Å². The average Bonchev–Trinajstić information content (AvgIpc) is 3.18. The van der Waals surface area contributed by atoms with Gasteiger partial charge in [0.05, 0.1) is 6.61 Å². The van der Waals surface area contributed by atoms with Crippen LogP contribution in [0.4, 0.5) is 0 Å². The van der Waals surface area contributed by atoms with E-state index < -0.39 is 0 Å². The Labute approximate surface area is 344 Å². The normalized spacial score (nSPS) is 11.3. The molecular weight excluding hydrogens is 679 g/mol. The summed E-state index contributed by atoms with van der Waals surface area (Å²) in [6.45, 7) is 13.1. The van der Waals surface area contributed by atoms with E-state index in [9.17, 15) is 9.59 Å². The molecule has 0 N–H and O–H groups in total. The Morgan fingerprint density at radius 1 is 0.418 bits per heavy atom. The highest BCUT2D eigenvalue weighted by Crippen LogP contribution is 2.19. The van der Waals surface area contributed by atoms with Gasteiger partial charge in [-0.2, -0.15) is 0 Å². The highest BCUT2D eigenvalue weighted by molar-refractivity contribution is 5.69. The molecule has 0 bridgehead atoms. The molecule has 0 aliphatic heterocycles. The Kier molecular flexibility index (Phi) is 43.9. The number of hydrogen-bond acceptors (Lipinski definition) is 5. The van der Waals surface area contributed by atoms with Gasteiger partial charge in [-0.1, -0.05) is 169 Å². The number of carbonyl (C=O) groups is 2. The molecule has 0 saturated carbocycles. The van der Waals surface area contributed by atoms with Crippen LogP contribution in [-0.2, 0) is 19.1 Å². The Balaban J connectivity index is 4.29. The minimum Gasteiger partial charge on any atom is -0.466 e. The number of nitrogens with zero attached hydrogens (tertiary/aromatic N) is 1. The summed E-state index contributed by atoms with van der Waals surface area (Å²) in [5, 5.41) is 0. The molecule has 0 heterocycles. The van der Waals surface area contributed by atoms with Crippen molar-refractivity contribution in [3.8, 4) is 11.8 Å². The van der Waals surface area contributed by atoms with Crippen LogP contribution in [0.5, 0.6) is 0 Å². The summed E-state index contributed by atoms with van der Waals surface area (Å²) in [5.74, 6) is 6.38. The second kappa shape index (κ2) is 45.2. The van der Waals surface area contributed by atoms with Gasteiger partial charge in [0.15, 0.2) is 0 Å². The summed E-state index contributed by atoms with van der Waals surface area (Å²) in [7, 11) is 0. The monoisotopic (exact) mass is 774 g/mol. The molecule has 0 spiro atoms. The summed E-state index contributed by atoms with van der Waals surface area (Å²) < 4.78 is 11.5. The molecule has 5 heteroatoms. The molecule has 0 atom stereocenters. The fraction of sp³-hybridized carbons (Fsp3) is 0.920. The van der Waals surface area contributed by atoms with Crippen LogP contribution in [0, 0.1) is 11.8 Å². The van der Waals surface area contributed by atoms with Crippen molar-refractivity contribution in [3.63, 3.8) is 0 Å². The van der Waals surface area contributed by atoms with Gasteiger partial charge < -0.3 is 14.4 Å². The fourth-order valence-electron chi connectivity index (χ4n) is 7.39. The van der Waals surface area contributed by atoms with E-state index in [1.165, 1.54) is 187 Å². The molecule has 0 aromatic carbocycles. The minimum absolute atomic E-state index is 0.0431. The average molecular weight is 774 g/mol. The Bertz CT molecular complexity index is 848. The molecule has 0 aromatic heterocycles. The lowest BCUT2D eigenvalue weighted by molar-refractivity contribution is -0.150. The molecule has 0 radical (unpaired) electrons. The van der Waals surface area contributed by atoms with Crippen molar-refractivity contribution < 1.29 is 19.1 Å². The third kappa shape index (κ3) is 41.9. The van der Waals surface area contributed by atoms with Crippen LogP contribution >= 0.6 is 0 Å². The van der Waals surface area contributed by atoms with Crippen LogP contribution < -0.4 is 0 Å². The summed E-state index contributed by atoms with van der Waals surface area (Å²) in [6.07, 6.45) is 43.6. The van der Waals surface area contributed by atoms with Crippen LogP contribution in [0.2, 0.25) is 0 Å². The van der Waals surface area contributed by atoms with Gasteiger partial charge in [-0.25, -0.2) is 0 Å². The smallest absolute Gasteiger partial charge is 0.306 e. The van der Waals surface area contributed by atoms with Crippen molar-refractivity contribution in [3.05, 3.63) is 0 Å². The van der Waals surface area contributed by atoms with E-state index in [0.29, 0.717) is 19.4 Å². The van der Waals surface area contributed by atoms with Crippen molar-refractivity contribution in [2.45, 2.75) is 271 Å². The van der Waals surface area contributed by atoms with E-state index in [1.54, 1.807) is 0 Å². The quantitative estimate of drug-likeness (QED) is 0.0351. The van der Waals surface area contributed by atoms with Crippen molar-refractivity contribution >= 4 is 11.9 Å². The van der Waals surface area contributed by atoms with Crippen molar-refractivity contribution in [1.29, 1.82) is 0 Å². The summed E-state index contributed by atoms with van der Waals surface area (Å²) >= 11 is 0. The van der Waals surface area contributed by atoms with Crippen LogP contribution in [-0.4, -0.2) is 49.2 Å². The lowest BCUT2D eigenvalue weighted by atomic mass is 10.0. The molecule has 0 fully saturated rings. The van der Waals surface area contributed by atoms with E-state index >= 15 is 0 Å². The van der Waals surface area contributed by atoms with Crippen LogP contribution in [0.25, 0.3) is 0 Å². The number of carbonyl (C=O) groups excluding carboxylic acids is 2. The molecular formula is C50H95NO4. The molecule has 0 aliphatic rings. The van der Waals surface area contributed by atoms with Gasteiger partial charge in [0.25, 0.3) is 0 Å². The van der Waals surface area contributed by atoms with Crippen molar-refractivity contribution in [2.24, 2.45) is 0 Å². The largest absolute Gasteiger partial charge is 0.466 e. The molecule has 0 amide bonds. The van der Waals surface area contributed by atoms with E-state index in [1.807, 2.05) is 0 Å². The highest BCUT2D eigenvalue weighted by Gasteiger charge is 2.14. The number of esters is 2. The standard InChI is InChI=1S/C50H95NO4/c1-5-9-13-17-21-31-39-47-54-49(52)42-34-26-22-29-37-45-51(44-36-28-20-16-12-8-4)46-38-30-23-27-35-43-50(53)55-48(40-32-24-18-14-10-6-2)41-33-25-19-15-11-7-3/h48H,5-16,18-20,22-47H2,1-4H3. The van der Waals surface area contributed by atoms with E-state index in [2.05, 4.69) is 44.4 Å². The Morgan fingerprint density at radius 2 is 0.782 bits per heavy atom. The third-order valence-electron chi connectivity index (χ3n) is 11.1. The number of hydrogen-bond donors (Lipinski definition) is 0. The maximum Gasteiger partial charge on any atom is 0.306 e. The molecule has 0 aliphatic carbocycles. The minimum atomic E-state index is -0.0461. The van der Waals surface area contributed by atoms with Gasteiger partial charge in [0, 0.05) is 25.7 Å². The summed E-state index contributed by atoms with van der Waals surface area (Å²) in [5.41, 5.74) is 0. The molecule has 5 nitrogen and oxygen atoms in total. The predicted molar refractivity (Wildman–Crippen MR) is 239 cm³/mol. The van der Waals surface area contributed by atoms with Gasteiger partial charge in [-0.15, -0.1) is 11.8 Å². The molecule has 0 unspecified atom stereocenters. The van der Waals surface area contributed by atoms with Gasteiger partial charge in [-0.3, -0.25) is 9.59 Å². The highest BCUT2D eigenvalue weighted by atomic mass is 16.5. The van der Waals surface area contributed by atoms with E-state index in [-0.39, 0.29) is 18.0 Å². The number of rotatable bonds is 43. The predicted octanol–water partition coefficient (Wildman–Crippen LogP) is 15.3. The second-order valence-corrected chi connectivity index (χ2v) is 16.7. The van der Waals surface area contributed by atoms with Crippen LogP contribution in [0.1, 0.15) is 265 Å². The van der Waals surface area contributed by atoms with E-state index in [4.69, 9.17) is 9.47 Å². The first-order valence-electron chi connectivity index (χ1n) is 24.6. The lowest BCUT2D eigenvalue weighted by Gasteiger charge is -2.22. The molecule has 0 rings (SSSR count). The van der Waals surface area contributed by atoms with Crippen molar-refractivity contribution in [2.75, 3.05) is 26.2 Å². The van der Waals surface area contributed by atoms with Gasteiger partial charge in [-0.05, 0) is 90.3 Å². The number of unbranched alkanes of at least 4 members (excludes halogenated alkanes) is 26. The Morgan fingerprint density at radius 3 is 1.24 bits per heavy atom. The lowest BCUT2D eigenvalue weighted by Crippen LogP contribution is -2.27. The first-order valence-corrected chi connectivity index (χ1v) is 24.6. The first kappa shape index (κ1) is 53.5. The zero-order chi connectivity index (χ0) is 40.1. The van der Waals surface area contributed by atoms with Gasteiger partial charge >= 0.3 is 11.9 Å². The van der Waals surface area contributed by atoms with Crippen LogP contribution in [0.3, 0.4) is 0 Å². The third-order valence-corrected chi connectivity index (χ3v) is 11.1. The van der Waals surface area contributed by atoms with Gasteiger partial charge in [0.1, 0.15) is 6.10 Å². The SMILES string of the molecule is CCCCC#CCCCOC(=O)CCCCCCCN(CCCCCCCC)CCCCCCCC(=O)OC(CCCCCCCC)CCCCCCCC. The maximum atomic E-state index is 12.8. The fourth-order valence-corrected chi connectivity index (χ4v) is 7.39. The summed E-state index contributed by atoms with van der Waals surface area (Å²) in [6, 6.07) is 0. The molecule has 0 saturated heterocycles. The molecule has 55 heavy (non-hydrogen) atoms. The zero-order valence-corrected chi connectivity index (χ0v) is 37.6. The summed E-state index contributed by atoms with van der Waals surface area (Å²) in [4.78, 5) is 27.6. The van der Waals surface area contributed by atoms with E-state index in [0.717, 1.165) is 57.8 Å². The Hall–Kier alpha value is -1.54. The maximum absolute atomic E-state index is 12.8. The second-order valence-electron chi connectivity index (χ2n) is 16.7. The molecule has 324 valence electrons. The van der Waals surface area contributed by atoms with Crippen molar-refractivity contribution in [1.82, 2.24) is 4.90 Å². The zero-order valence-electron chi connectivity index (χ0n) is 37.6. The number of ether oxygens (including phenoxy) is 2. The first-order chi connectivity index (χ1) is 27.1. The van der Waals surface area contributed by atoms with Crippen LogP contribution in [0.15, 0.2) is 0 Å².